The molecule has 0 radical (unpaired) electrons. The summed E-state index contributed by atoms with van der Waals surface area (Å²) >= 11 is 0. The highest BCUT2D eigenvalue weighted by atomic mass is 16.5. The molecule has 4 unspecified atom stereocenters. The molecule has 13 nitrogen and oxygen atoms in total. The van der Waals surface area contributed by atoms with Gasteiger partial charge in [-0.3, -0.25) is 24.5 Å². The van der Waals surface area contributed by atoms with Gasteiger partial charge in [0.15, 0.2) is 5.76 Å². The van der Waals surface area contributed by atoms with Crippen molar-refractivity contribution in [3.8, 4) is 0 Å². The van der Waals surface area contributed by atoms with Gasteiger partial charge in [-0.15, -0.1) is 0 Å². The molecular formula is C49H53N5O8. The first-order valence-electron chi connectivity index (χ1n) is 21.3. The molecule has 6 atom stereocenters. The summed E-state index contributed by atoms with van der Waals surface area (Å²) in [6, 6.07) is 20.3. The van der Waals surface area contributed by atoms with E-state index in [-0.39, 0.29) is 43.1 Å². The minimum Gasteiger partial charge on any atom is -0.497 e. The van der Waals surface area contributed by atoms with E-state index in [0.29, 0.717) is 55.0 Å². The maximum Gasteiger partial charge on any atom is 0.305 e. The third-order valence-corrected chi connectivity index (χ3v) is 12.7. The number of allylic oxidation sites excluding steroid dienone is 2. The summed E-state index contributed by atoms with van der Waals surface area (Å²) in [7, 11) is 6.63. The number of hydrogen-bond donors (Lipinski definition) is 1. The van der Waals surface area contributed by atoms with Gasteiger partial charge in [0.25, 0.3) is 5.91 Å². The number of para-hydroxylation sites is 1. The molecule has 322 valence electrons. The number of carbonyl (C=O) groups excluding carboxylic acids is 2. The number of anilines is 3. The Labute approximate surface area is 362 Å². The van der Waals surface area contributed by atoms with Crippen LogP contribution in [-0.2, 0) is 59.3 Å². The van der Waals surface area contributed by atoms with Gasteiger partial charge in [0.2, 0.25) is 0 Å². The van der Waals surface area contributed by atoms with Crippen LogP contribution in [0.3, 0.4) is 0 Å². The number of aliphatic hydroxyl groups excluding tert-OH is 1. The van der Waals surface area contributed by atoms with Crippen molar-refractivity contribution in [1.29, 1.82) is 0 Å². The van der Waals surface area contributed by atoms with Gasteiger partial charge in [0.1, 0.15) is 30.8 Å². The normalized spacial score (nSPS) is 24.4. The first-order valence-corrected chi connectivity index (χ1v) is 21.3. The highest BCUT2D eigenvalue weighted by Crippen LogP contribution is 2.43. The van der Waals surface area contributed by atoms with Crippen molar-refractivity contribution >= 4 is 41.4 Å². The molecule has 13 heteroatoms. The van der Waals surface area contributed by atoms with E-state index in [4.69, 9.17) is 33.7 Å². The maximum absolute atomic E-state index is 14.0. The molecule has 0 spiro atoms. The van der Waals surface area contributed by atoms with Gasteiger partial charge >= 0.3 is 5.97 Å². The Bertz CT molecular complexity index is 2450. The number of hydrogen-bond acceptors (Lipinski definition) is 12. The lowest BCUT2D eigenvalue weighted by molar-refractivity contribution is -0.140. The fourth-order valence-electron chi connectivity index (χ4n) is 9.47. The molecular weight excluding hydrogens is 787 g/mol. The summed E-state index contributed by atoms with van der Waals surface area (Å²) in [5.41, 5.74) is 10.0. The lowest BCUT2D eigenvalue weighted by Gasteiger charge is -2.35. The second-order valence-electron chi connectivity index (χ2n) is 16.7. The van der Waals surface area contributed by atoms with E-state index in [1.807, 2.05) is 60.8 Å². The van der Waals surface area contributed by atoms with Crippen LogP contribution in [0.25, 0.3) is 0 Å². The van der Waals surface area contributed by atoms with Crippen LogP contribution in [-0.4, -0.2) is 94.9 Å². The fourth-order valence-corrected chi connectivity index (χ4v) is 9.47. The van der Waals surface area contributed by atoms with Gasteiger partial charge in [0, 0.05) is 82.0 Å². The number of fused-ring (bicyclic) bond motifs is 8. The molecule has 4 aliphatic heterocycles. The average Bonchev–Trinajstić information content (AvgIpc) is 3.77. The van der Waals surface area contributed by atoms with Crippen LogP contribution in [0.1, 0.15) is 47.1 Å². The Kier molecular flexibility index (Phi) is 11.6. The zero-order chi connectivity index (χ0) is 43.1. The summed E-state index contributed by atoms with van der Waals surface area (Å²) in [6.45, 7) is 3.16. The van der Waals surface area contributed by atoms with E-state index >= 15 is 0 Å². The van der Waals surface area contributed by atoms with E-state index in [1.165, 1.54) is 18.2 Å². The summed E-state index contributed by atoms with van der Waals surface area (Å²) in [4.78, 5) is 41.7. The Morgan fingerprint density at radius 2 is 1.68 bits per heavy atom. The number of nitrogens with zero attached hydrogens (tertiary/aromatic N) is 5. The van der Waals surface area contributed by atoms with Crippen molar-refractivity contribution in [2.45, 2.75) is 82.8 Å². The molecule has 0 aromatic heterocycles. The van der Waals surface area contributed by atoms with Crippen LogP contribution in [0.4, 0.5) is 17.1 Å². The molecule has 1 N–H and O–H groups in total. The number of aryl methyl sites for hydroxylation is 1. The number of ether oxygens (including phenoxy) is 5. The number of methoxy groups -OCH3 is 3. The van der Waals surface area contributed by atoms with Crippen molar-refractivity contribution in [2.24, 2.45) is 15.9 Å². The smallest absolute Gasteiger partial charge is 0.305 e. The van der Waals surface area contributed by atoms with Crippen molar-refractivity contribution in [3.63, 3.8) is 0 Å². The number of amides is 1. The zero-order valence-corrected chi connectivity index (χ0v) is 35.8. The van der Waals surface area contributed by atoms with Gasteiger partial charge in [-0.1, -0.05) is 35.9 Å². The van der Waals surface area contributed by atoms with Gasteiger partial charge in [-0.25, -0.2) is 0 Å². The lowest BCUT2D eigenvalue weighted by atomic mass is 9.92. The van der Waals surface area contributed by atoms with Crippen molar-refractivity contribution in [2.75, 3.05) is 49.6 Å². The topological polar surface area (TPSA) is 135 Å². The third-order valence-electron chi connectivity index (χ3n) is 12.7. The van der Waals surface area contributed by atoms with Crippen molar-refractivity contribution in [1.82, 2.24) is 0 Å². The predicted molar refractivity (Wildman–Crippen MR) is 237 cm³/mol. The van der Waals surface area contributed by atoms with Crippen molar-refractivity contribution in [3.05, 3.63) is 135 Å². The first kappa shape index (κ1) is 41.3. The standard InChI is InChI=1S/C49H53N5O8/c1-29-12-13-42-33(15-29)20-36-26-51-40-24-46(44(59-4)22-38(40)49(57)54(36)42)62-28-31-16-30(17-34(18-31)52(2)14-8-11-47(55)60-5)27-61-45-23-39-37(21-43(45)58-3)48(56)53-35(25-50-39)19-32-9-6-7-10-41(32)53/h6-7,9-10,12-13,15-18,21,23-26,35-36,38,43,45,49,57H,8,11,14,19-20,22,27-28H2,1-5H3/t35-,36-,38?,43?,45?,49?/m0/s1. The van der Waals surface area contributed by atoms with Crippen LogP contribution >= 0.6 is 0 Å². The Morgan fingerprint density at radius 1 is 0.887 bits per heavy atom. The van der Waals surface area contributed by atoms with Gasteiger partial charge in [-0.05, 0) is 78.1 Å². The number of aliphatic imine (C=N–C) groups is 2. The van der Waals surface area contributed by atoms with E-state index in [2.05, 4.69) is 59.2 Å². The minimum atomic E-state index is -0.789. The molecule has 0 fully saturated rings. The largest absolute Gasteiger partial charge is 0.497 e. The quantitative estimate of drug-likeness (QED) is 0.197. The van der Waals surface area contributed by atoms with Gasteiger partial charge < -0.3 is 38.6 Å². The molecule has 0 saturated carbocycles. The molecule has 3 aromatic rings. The van der Waals surface area contributed by atoms with Crippen LogP contribution in [0.5, 0.6) is 0 Å². The van der Waals surface area contributed by atoms with Crippen LogP contribution in [0, 0.1) is 12.8 Å². The average molecular weight is 840 g/mol. The molecule has 1 amide bonds. The number of rotatable bonds is 13. The summed E-state index contributed by atoms with van der Waals surface area (Å²) in [6.07, 6.45) is 10.5. The fraction of sp³-hybridized carbons (Fsp3) is 0.388. The van der Waals surface area contributed by atoms with Crippen LogP contribution in [0.15, 0.2) is 117 Å². The predicted octanol–water partition coefficient (Wildman–Crippen LogP) is 6.26. The number of benzene rings is 3. The second kappa shape index (κ2) is 17.4. The molecule has 62 heavy (non-hydrogen) atoms. The number of esters is 1. The van der Waals surface area contributed by atoms with E-state index in [0.717, 1.165) is 45.9 Å². The SMILES string of the molecule is COC(=O)CCCN(C)c1cc(COC2=C(OC)CC3C(=C2)N=C[C@@H]2Cc4cc(C)ccc4N2C3O)cc(COC2C=C3N=C[C@@H]4Cc5ccccc5N4C(=O)C3=CC2OC)c1. The molecule has 6 aliphatic rings. The van der Waals surface area contributed by atoms with Crippen LogP contribution < -0.4 is 14.7 Å². The van der Waals surface area contributed by atoms with Gasteiger partial charge in [-0.2, -0.15) is 0 Å². The Hall–Kier alpha value is -6.02. The van der Waals surface area contributed by atoms with E-state index in [9.17, 15) is 14.7 Å². The molecule has 9 rings (SSSR count). The molecule has 0 bridgehead atoms. The van der Waals surface area contributed by atoms with Crippen molar-refractivity contribution < 1.29 is 38.4 Å². The first-order chi connectivity index (χ1) is 30.1. The summed E-state index contributed by atoms with van der Waals surface area (Å²) in [5.74, 6) is 0.558. The monoisotopic (exact) mass is 839 g/mol. The van der Waals surface area contributed by atoms with E-state index < -0.39 is 18.4 Å². The van der Waals surface area contributed by atoms with Crippen LogP contribution in [0.2, 0.25) is 0 Å². The third kappa shape index (κ3) is 7.96. The molecule has 2 aliphatic carbocycles. The lowest BCUT2D eigenvalue weighted by Crippen LogP contribution is -2.45. The number of aliphatic hydroxyl groups is 1. The molecule has 3 aromatic carbocycles. The summed E-state index contributed by atoms with van der Waals surface area (Å²) < 4.78 is 29.8. The highest BCUT2D eigenvalue weighted by Gasteiger charge is 2.43. The molecule has 0 saturated heterocycles. The Morgan fingerprint density at radius 3 is 2.48 bits per heavy atom. The van der Waals surface area contributed by atoms with Gasteiger partial charge in [0.05, 0.1) is 55.8 Å². The van der Waals surface area contributed by atoms with E-state index in [1.54, 1.807) is 14.2 Å². The summed E-state index contributed by atoms with van der Waals surface area (Å²) in [5, 5.41) is 11.8. The minimum absolute atomic E-state index is 0.0445. The molecule has 4 heterocycles. The Balaban J connectivity index is 0.936. The second-order valence-corrected chi connectivity index (χ2v) is 16.7. The highest BCUT2D eigenvalue weighted by molar-refractivity contribution is 6.13. The maximum atomic E-state index is 14.0. The zero-order valence-electron chi connectivity index (χ0n) is 35.8. The number of carbonyl (C=O) groups is 2.